The van der Waals surface area contributed by atoms with Crippen molar-refractivity contribution >= 4 is 44.9 Å². The lowest BCUT2D eigenvalue weighted by molar-refractivity contribution is 0.592. The molecule has 0 fully saturated rings. The Balaban J connectivity index is 1.27. The van der Waals surface area contributed by atoms with Crippen LogP contribution < -0.4 is 15.9 Å². The van der Waals surface area contributed by atoms with E-state index in [9.17, 15) is 4.57 Å². The van der Waals surface area contributed by atoms with E-state index in [1.807, 2.05) is 72.8 Å². The number of benzene rings is 5. The van der Waals surface area contributed by atoms with E-state index in [1.54, 1.807) is 6.20 Å². The van der Waals surface area contributed by atoms with Crippen LogP contribution in [0.2, 0.25) is 0 Å². The molecule has 0 unspecified atom stereocenters. The highest BCUT2D eigenvalue weighted by Gasteiger charge is 2.35. The Bertz CT molecular complexity index is 2140. The molecule has 1 aliphatic heterocycles. The minimum atomic E-state index is -3.07. The van der Waals surface area contributed by atoms with E-state index in [0.717, 1.165) is 27.2 Å². The van der Waals surface area contributed by atoms with Crippen molar-refractivity contribution in [3.8, 4) is 16.9 Å². The molecule has 4 heteroatoms. The van der Waals surface area contributed by atoms with Crippen LogP contribution in [0.3, 0.4) is 0 Å². The second-order valence-electron chi connectivity index (χ2n) is 11.6. The molecule has 7 aromatic rings. The van der Waals surface area contributed by atoms with Gasteiger partial charge in [-0.1, -0.05) is 117 Å². The molecule has 2 aromatic heterocycles. The van der Waals surface area contributed by atoms with Crippen molar-refractivity contribution in [2.75, 3.05) is 0 Å². The first kappa shape index (κ1) is 25.0. The molecule has 0 N–H and O–H groups in total. The van der Waals surface area contributed by atoms with Crippen molar-refractivity contribution in [3.05, 3.63) is 151 Å². The standard InChI is InChI=1S/C38H29N2OP/c1-38(2)32-18-11-17-31-30-16-9-10-19-35(30)40(37(31)32)36-23-20-26(24-33(36)38)34-22-21-29(25-39-34)42(41,27-12-5-3-6-13-27)28-14-7-4-8-15-28/h3-25H,1-2H3. The molecule has 0 saturated heterocycles. The highest BCUT2D eigenvalue weighted by Crippen LogP contribution is 2.48. The van der Waals surface area contributed by atoms with E-state index in [0.29, 0.717) is 0 Å². The van der Waals surface area contributed by atoms with Gasteiger partial charge in [0.05, 0.1) is 22.4 Å². The molecule has 0 atom stereocenters. The Morgan fingerprint density at radius 2 is 1.29 bits per heavy atom. The van der Waals surface area contributed by atoms with Crippen LogP contribution in [0, 0.1) is 0 Å². The lowest BCUT2D eigenvalue weighted by Gasteiger charge is -2.35. The van der Waals surface area contributed by atoms with Crippen molar-refractivity contribution < 1.29 is 4.57 Å². The Labute approximate surface area is 245 Å². The Hall–Kier alpha value is -4.72. The minimum Gasteiger partial charge on any atom is -0.309 e. The Morgan fingerprint density at radius 1 is 0.619 bits per heavy atom. The van der Waals surface area contributed by atoms with Crippen LogP contribution in [0.1, 0.15) is 25.0 Å². The van der Waals surface area contributed by atoms with Crippen LogP contribution in [0.4, 0.5) is 0 Å². The van der Waals surface area contributed by atoms with Crippen LogP contribution in [0.25, 0.3) is 38.8 Å². The Kier molecular flexibility index (Phi) is 5.45. The van der Waals surface area contributed by atoms with Gasteiger partial charge >= 0.3 is 0 Å². The zero-order chi connectivity index (χ0) is 28.5. The summed E-state index contributed by atoms with van der Waals surface area (Å²) in [6.45, 7) is 4.64. The van der Waals surface area contributed by atoms with Crippen molar-refractivity contribution in [2.24, 2.45) is 0 Å². The van der Waals surface area contributed by atoms with Gasteiger partial charge in [-0.05, 0) is 41.5 Å². The van der Waals surface area contributed by atoms with Crippen LogP contribution in [-0.2, 0) is 9.98 Å². The smallest absolute Gasteiger partial charge is 0.172 e. The normalized spacial score (nSPS) is 13.8. The molecule has 8 rings (SSSR count). The van der Waals surface area contributed by atoms with E-state index < -0.39 is 7.14 Å². The second-order valence-corrected chi connectivity index (χ2v) is 14.4. The maximum atomic E-state index is 14.8. The molecule has 0 saturated carbocycles. The highest BCUT2D eigenvalue weighted by molar-refractivity contribution is 7.85. The summed E-state index contributed by atoms with van der Waals surface area (Å²) in [6, 6.07) is 45.6. The van der Waals surface area contributed by atoms with Gasteiger partial charge in [-0.25, -0.2) is 0 Å². The molecule has 0 spiro atoms. The number of pyridine rings is 1. The highest BCUT2D eigenvalue weighted by atomic mass is 31.2. The third kappa shape index (κ3) is 3.47. The van der Waals surface area contributed by atoms with Gasteiger partial charge in [0, 0.05) is 43.9 Å². The van der Waals surface area contributed by atoms with E-state index in [-0.39, 0.29) is 5.41 Å². The quantitative estimate of drug-likeness (QED) is 0.204. The molecule has 0 radical (unpaired) electrons. The van der Waals surface area contributed by atoms with Gasteiger partial charge < -0.3 is 9.13 Å². The predicted octanol–water partition coefficient (Wildman–Crippen LogP) is 8.12. The summed E-state index contributed by atoms with van der Waals surface area (Å²) in [7, 11) is -3.07. The molecule has 202 valence electrons. The third-order valence-electron chi connectivity index (χ3n) is 8.93. The number of hydrogen-bond donors (Lipinski definition) is 0. The fourth-order valence-corrected chi connectivity index (χ4v) is 9.36. The second kappa shape index (κ2) is 9.14. The zero-order valence-corrected chi connectivity index (χ0v) is 24.4. The lowest BCUT2D eigenvalue weighted by Crippen LogP contribution is -2.26. The van der Waals surface area contributed by atoms with Crippen LogP contribution >= 0.6 is 7.14 Å². The summed E-state index contributed by atoms with van der Waals surface area (Å²) >= 11 is 0. The van der Waals surface area contributed by atoms with Crippen LogP contribution in [-0.4, -0.2) is 9.55 Å². The molecule has 0 aliphatic carbocycles. The maximum Gasteiger partial charge on any atom is 0.172 e. The third-order valence-corrected chi connectivity index (χ3v) is 12.0. The van der Waals surface area contributed by atoms with Gasteiger partial charge in [0.15, 0.2) is 7.14 Å². The average Bonchev–Trinajstić information content (AvgIpc) is 3.39. The van der Waals surface area contributed by atoms with Crippen molar-refractivity contribution in [2.45, 2.75) is 19.3 Å². The topological polar surface area (TPSA) is 34.9 Å². The van der Waals surface area contributed by atoms with Gasteiger partial charge in [-0.3, -0.25) is 4.98 Å². The number of aromatic nitrogens is 2. The van der Waals surface area contributed by atoms with Gasteiger partial charge in [0.2, 0.25) is 0 Å². The molecule has 3 nitrogen and oxygen atoms in total. The van der Waals surface area contributed by atoms with Gasteiger partial charge in [-0.15, -0.1) is 0 Å². The van der Waals surface area contributed by atoms with E-state index >= 15 is 0 Å². The molecular weight excluding hydrogens is 531 g/mol. The minimum absolute atomic E-state index is 0.189. The molecule has 42 heavy (non-hydrogen) atoms. The van der Waals surface area contributed by atoms with Gasteiger partial charge in [0.1, 0.15) is 0 Å². The summed E-state index contributed by atoms with van der Waals surface area (Å²) in [5.41, 5.74) is 8.06. The van der Waals surface area contributed by atoms with E-state index in [2.05, 4.69) is 79.1 Å². The summed E-state index contributed by atoms with van der Waals surface area (Å²) < 4.78 is 17.2. The molecule has 0 amide bonds. The number of rotatable bonds is 4. The first-order valence-electron chi connectivity index (χ1n) is 14.3. The number of hydrogen-bond acceptors (Lipinski definition) is 2. The first-order valence-corrected chi connectivity index (χ1v) is 16.0. The summed E-state index contributed by atoms with van der Waals surface area (Å²) in [5, 5.41) is 4.93. The average molecular weight is 561 g/mol. The summed E-state index contributed by atoms with van der Waals surface area (Å²) in [5.74, 6) is 0. The molecule has 1 aliphatic rings. The largest absolute Gasteiger partial charge is 0.309 e. The SMILES string of the molecule is CC1(C)c2cc(-c3ccc(P(=O)(c4ccccc4)c4ccccc4)cn3)ccc2-n2c3ccccc3c3cccc1c32. The monoisotopic (exact) mass is 560 g/mol. The summed E-state index contributed by atoms with van der Waals surface area (Å²) in [6.07, 6.45) is 1.80. The molecule has 5 aromatic carbocycles. The number of nitrogens with zero attached hydrogens (tertiary/aromatic N) is 2. The lowest BCUT2D eigenvalue weighted by atomic mass is 9.74. The van der Waals surface area contributed by atoms with Gasteiger partial charge in [-0.2, -0.15) is 0 Å². The first-order chi connectivity index (χ1) is 20.5. The van der Waals surface area contributed by atoms with E-state index in [1.165, 1.54) is 38.6 Å². The fourth-order valence-electron chi connectivity index (χ4n) is 6.78. The Morgan fingerprint density at radius 3 is 1.98 bits per heavy atom. The van der Waals surface area contributed by atoms with Gasteiger partial charge in [0.25, 0.3) is 0 Å². The fraction of sp³-hybridized carbons (Fsp3) is 0.0789. The number of fused-ring (bicyclic) bond motifs is 5. The van der Waals surface area contributed by atoms with Crippen LogP contribution in [0.5, 0.6) is 0 Å². The predicted molar refractivity (Wildman–Crippen MR) is 176 cm³/mol. The van der Waals surface area contributed by atoms with E-state index in [4.69, 9.17) is 4.98 Å². The van der Waals surface area contributed by atoms with Crippen molar-refractivity contribution in [1.82, 2.24) is 9.55 Å². The van der Waals surface area contributed by atoms with Crippen LogP contribution in [0.15, 0.2) is 140 Å². The molecule has 0 bridgehead atoms. The summed E-state index contributed by atoms with van der Waals surface area (Å²) in [4.78, 5) is 4.91. The zero-order valence-electron chi connectivity index (χ0n) is 23.5. The molecular formula is C38H29N2OP. The maximum absolute atomic E-state index is 14.8. The molecule has 3 heterocycles. The van der Waals surface area contributed by atoms with Crippen molar-refractivity contribution in [3.63, 3.8) is 0 Å². The van der Waals surface area contributed by atoms with Crippen molar-refractivity contribution in [1.29, 1.82) is 0 Å². The number of para-hydroxylation sites is 2.